The predicted molar refractivity (Wildman–Crippen MR) is 111 cm³/mol. The molecule has 0 N–H and O–H groups in total. The standard InChI is InChI=1S/C21H26N6O2/c1-15(2)19-23-20(26-11-9-25(10-12-26)18(28)14-29-3)17-13-22-27(21(17)24-19)16-7-5-4-6-8-16/h4-8,13,15H,9-12,14H2,1-3H3. The molecule has 2 aromatic heterocycles. The highest BCUT2D eigenvalue weighted by Crippen LogP contribution is 2.28. The minimum atomic E-state index is 0.0275. The summed E-state index contributed by atoms with van der Waals surface area (Å²) in [5.74, 6) is 1.91. The van der Waals surface area contributed by atoms with Crippen LogP contribution in [0.2, 0.25) is 0 Å². The Bertz CT molecular complexity index is 993. The third kappa shape index (κ3) is 3.80. The molecule has 0 bridgehead atoms. The van der Waals surface area contributed by atoms with Crippen molar-refractivity contribution in [1.29, 1.82) is 0 Å². The van der Waals surface area contributed by atoms with E-state index in [1.807, 2.05) is 46.1 Å². The van der Waals surface area contributed by atoms with E-state index in [-0.39, 0.29) is 18.4 Å². The molecular formula is C21H26N6O2. The average Bonchev–Trinajstić information content (AvgIpc) is 3.18. The Labute approximate surface area is 170 Å². The van der Waals surface area contributed by atoms with Crippen molar-refractivity contribution >= 4 is 22.8 Å². The van der Waals surface area contributed by atoms with Crippen molar-refractivity contribution in [3.8, 4) is 5.69 Å². The van der Waals surface area contributed by atoms with Crippen molar-refractivity contribution in [2.45, 2.75) is 19.8 Å². The van der Waals surface area contributed by atoms with Crippen molar-refractivity contribution in [2.75, 3.05) is 44.8 Å². The van der Waals surface area contributed by atoms with E-state index in [9.17, 15) is 4.79 Å². The lowest BCUT2D eigenvalue weighted by molar-refractivity contribution is -0.135. The number of hydrogen-bond acceptors (Lipinski definition) is 6. The first-order chi connectivity index (χ1) is 14.1. The molecular weight excluding hydrogens is 368 g/mol. The summed E-state index contributed by atoms with van der Waals surface area (Å²) in [5, 5.41) is 5.52. The first-order valence-electron chi connectivity index (χ1n) is 9.91. The summed E-state index contributed by atoms with van der Waals surface area (Å²) in [4.78, 5) is 25.9. The van der Waals surface area contributed by atoms with E-state index >= 15 is 0 Å². The third-order valence-corrected chi connectivity index (χ3v) is 5.14. The van der Waals surface area contributed by atoms with Gasteiger partial charge >= 0.3 is 0 Å². The third-order valence-electron chi connectivity index (χ3n) is 5.14. The molecule has 0 unspecified atom stereocenters. The number of fused-ring (bicyclic) bond motifs is 1. The Hall–Kier alpha value is -3.00. The quantitative estimate of drug-likeness (QED) is 0.661. The molecule has 29 heavy (non-hydrogen) atoms. The Morgan fingerprint density at radius 3 is 2.48 bits per heavy atom. The molecule has 8 nitrogen and oxygen atoms in total. The fourth-order valence-electron chi connectivity index (χ4n) is 3.55. The van der Waals surface area contributed by atoms with Crippen LogP contribution in [0.1, 0.15) is 25.6 Å². The van der Waals surface area contributed by atoms with E-state index in [4.69, 9.17) is 14.7 Å². The smallest absolute Gasteiger partial charge is 0.248 e. The molecule has 0 saturated carbocycles. The van der Waals surface area contributed by atoms with Gasteiger partial charge in [-0.3, -0.25) is 4.79 Å². The zero-order chi connectivity index (χ0) is 20.4. The van der Waals surface area contributed by atoms with Gasteiger partial charge < -0.3 is 14.5 Å². The van der Waals surface area contributed by atoms with E-state index in [2.05, 4.69) is 23.8 Å². The second-order valence-corrected chi connectivity index (χ2v) is 7.49. The summed E-state index contributed by atoms with van der Waals surface area (Å²) >= 11 is 0. The molecule has 4 rings (SSSR count). The number of rotatable bonds is 5. The fourth-order valence-corrected chi connectivity index (χ4v) is 3.55. The van der Waals surface area contributed by atoms with E-state index in [0.717, 1.165) is 41.5 Å². The van der Waals surface area contributed by atoms with Crippen LogP contribution in [0, 0.1) is 0 Å². The highest BCUT2D eigenvalue weighted by molar-refractivity contribution is 5.88. The minimum Gasteiger partial charge on any atom is -0.375 e. The molecule has 0 aliphatic carbocycles. The lowest BCUT2D eigenvalue weighted by Gasteiger charge is -2.35. The van der Waals surface area contributed by atoms with Crippen LogP contribution in [0.4, 0.5) is 5.82 Å². The maximum atomic E-state index is 12.1. The highest BCUT2D eigenvalue weighted by atomic mass is 16.5. The maximum Gasteiger partial charge on any atom is 0.248 e. The molecule has 1 amide bonds. The van der Waals surface area contributed by atoms with Crippen molar-refractivity contribution in [3.05, 3.63) is 42.4 Å². The summed E-state index contributed by atoms with van der Waals surface area (Å²) in [6.07, 6.45) is 1.84. The van der Waals surface area contributed by atoms with Crippen LogP contribution in [0.15, 0.2) is 36.5 Å². The molecule has 1 fully saturated rings. The number of carbonyl (C=O) groups is 1. The number of aromatic nitrogens is 4. The Morgan fingerprint density at radius 1 is 1.10 bits per heavy atom. The molecule has 3 aromatic rings. The fraction of sp³-hybridized carbons (Fsp3) is 0.429. The summed E-state index contributed by atoms with van der Waals surface area (Å²) in [6.45, 7) is 7.05. The van der Waals surface area contributed by atoms with Crippen LogP contribution < -0.4 is 4.90 Å². The van der Waals surface area contributed by atoms with Crippen molar-refractivity contribution in [3.63, 3.8) is 0 Å². The highest BCUT2D eigenvalue weighted by Gasteiger charge is 2.25. The van der Waals surface area contributed by atoms with Gasteiger partial charge in [0.25, 0.3) is 0 Å². The van der Waals surface area contributed by atoms with Crippen LogP contribution in [0.5, 0.6) is 0 Å². The van der Waals surface area contributed by atoms with Gasteiger partial charge in [0.1, 0.15) is 18.2 Å². The number of amides is 1. The molecule has 1 aliphatic heterocycles. The molecule has 0 atom stereocenters. The Balaban J connectivity index is 1.69. The van der Waals surface area contributed by atoms with E-state index in [1.54, 1.807) is 7.11 Å². The van der Waals surface area contributed by atoms with Gasteiger partial charge in [0.15, 0.2) is 5.65 Å². The van der Waals surface area contributed by atoms with Crippen LogP contribution in [0.25, 0.3) is 16.7 Å². The summed E-state index contributed by atoms with van der Waals surface area (Å²) < 4.78 is 6.84. The molecule has 0 radical (unpaired) electrons. The van der Waals surface area contributed by atoms with Crippen LogP contribution in [-0.4, -0.2) is 70.5 Å². The SMILES string of the molecule is COCC(=O)N1CCN(c2nc(C(C)C)nc3c2cnn3-c2ccccc2)CC1. The van der Waals surface area contributed by atoms with Gasteiger partial charge in [-0.1, -0.05) is 32.0 Å². The second kappa shape index (κ2) is 8.16. The van der Waals surface area contributed by atoms with Crippen LogP contribution in [0.3, 0.4) is 0 Å². The first-order valence-corrected chi connectivity index (χ1v) is 9.91. The number of carbonyl (C=O) groups excluding carboxylic acids is 1. The van der Waals surface area contributed by atoms with Crippen molar-refractivity contribution in [1.82, 2.24) is 24.6 Å². The van der Waals surface area contributed by atoms with Gasteiger partial charge in [-0.05, 0) is 12.1 Å². The van der Waals surface area contributed by atoms with Gasteiger partial charge in [-0.15, -0.1) is 0 Å². The number of piperazine rings is 1. The van der Waals surface area contributed by atoms with E-state index < -0.39 is 0 Å². The van der Waals surface area contributed by atoms with Gasteiger partial charge in [0, 0.05) is 39.2 Å². The van der Waals surface area contributed by atoms with Crippen molar-refractivity contribution < 1.29 is 9.53 Å². The topological polar surface area (TPSA) is 76.4 Å². The number of methoxy groups -OCH3 is 1. The normalized spacial score (nSPS) is 14.8. The molecule has 1 aliphatic rings. The first kappa shape index (κ1) is 19.3. The summed E-state index contributed by atoms with van der Waals surface area (Å²) in [6, 6.07) is 10.0. The van der Waals surface area contributed by atoms with Crippen LogP contribution >= 0.6 is 0 Å². The number of ether oxygens (including phenoxy) is 1. The van der Waals surface area contributed by atoms with E-state index in [1.165, 1.54) is 0 Å². The van der Waals surface area contributed by atoms with Gasteiger partial charge in [0.2, 0.25) is 5.91 Å². The number of hydrogen-bond donors (Lipinski definition) is 0. The van der Waals surface area contributed by atoms with Gasteiger partial charge in [0.05, 0.1) is 17.3 Å². The summed E-state index contributed by atoms with van der Waals surface area (Å²) in [5.41, 5.74) is 1.78. The van der Waals surface area contributed by atoms with Crippen LogP contribution in [-0.2, 0) is 9.53 Å². The van der Waals surface area contributed by atoms with E-state index in [0.29, 0.717) is 13.1 Å². The number of para-hydroxylation sites is 1. The van der Waals surface area contributed by atoms with Crippen molar-refractivity contribution in [2.24, 2.45) is 0 Å². The largest absolute Gasteiger partial charge is 0.375 e. The predicted octanol–water partition coefficient (Wildman–Crippen LogP) is 2.23. The molecule has 1 saturated heterocycles. The summed E-state index contributed by atoms with van der Waals surface area (Å²) in [7, 11) is 1.55. The Morgan fingerprint density at radius 2 is 1.83 bits per heavy atom. The molecule has 3 heterocycles. The number of benzene rings is 1. The lowest BCUT2D eigenvalue weighted by Crippen LogP contribution is -2.50. The van der Waals surface area contributed by atoms with Gasteiger partial charge in [-0.25, -0.2) is 14.6 Å². The molecule has 1 aromatic carbocycles. The minimum absolute atomic E-state index is 0.0275. The molecule has 0 spiro atoms. The molecule has 152 valence electrons. The van der Waals surface area contributed by atoms with Gasteiger partial charge in [-0.2, -0.15) is 5.10 Å². The zero-order valence-electron chi connectivity index (χ0n) is 17.1. The number of anilines is 1. The average molecular weight is 394 g/mol. The molecule has 8 heteroatoms. The lowest BCUT2D eigenvalue weighted by atomic mass is 10.2. The maximum absolute atomic E-state index is 12.1. The monoisotopic (exact) mass is 394 g/mol. The second-order valence-electron chi connectivity index (χ2n) is 7.49. The zero-order valence-corrected chi connectivity index (χ0v) is 17.1. The number of nitrogens with zero attached hydrogens (tertiary/aromatic N) is 6. The Kier molecular flexibility index (Phi) is 5.44.